The second kappa shape index (κ2) is 5.05. The van der Waals surface area contributed by atoms with Crippen molar-refractivity contribution in [1.29, 1.82) is 0 Å². The Hall–Kier alpha value is -0.820. The molecule has 3 unspecified atom stereocenters. The van der Waals surface area contributed by atoms with Crippen LogP contribution in [0.5, 0.6) is 0 Å². The Morgan fingerprint density at radius 2 is 1.78 bits per heavy atom. The van der Waals surface area contributed by atoms with Crippen LogP contribution in [0.25, 0.3) is 0 Å². The monoisotopic (exact) mass is 245 g/mol. The molecule has 1 aliphatic carbocycles. The molecule has 100 valence electrons. The summed E-state index contributed by atoms with van der Waals surface area (Å²) >= 11 is 0. The third-order valence-corrected chi connectivity index (χ3v) is 4.45. The van der Waals surface area contributed by atoms with Crippen LogP contribution in [0.15, 0.2) is 24.3 Å². The second-order valence-electron chi connectivity index (χ2n) is 6.74. The van der Waals surface area contributed by atoms with Crippen molar-refractivity contribution in [2.24, 2.45) is 5.92 Å². The Labute approximate surface area is 112 Å². The van der Waals surface area contributed by atoms with Crippen LogP contribution in [0.3, 0.4) is 0 Å². The molecular weight excluding hydrogens is 218 g/mol. The smallest absolute Gasteiger partial charge is 0.0104 e. The van der Waals surface area contributed by atoms with E-state index < -0.39 is 0 Å². The molecule has 0 amide bonds. The van der Waals surface area contributed by atoms with Gasteiger partial charge in [-0.25, -0.2) is 0 Å². The largest absolute Gasteiger partial charge is 0.314 e. The molecule has 1 heteroatoms. The minimum absolute atomic E-state index is 0.260. The minimum Gasteiger partial charge on any atom is -0.314 e. The van der Waals surface area contributed by atoms with Crippen LogP contribution < -0.4 is 5.32 Å². The van der Waals surface area contributed by atoms with Gasteiger partial charge >= 0.3 is 0 Å². The summed E-state index contributed by atoms with van der Waals surface area (Å²) in [7, 11) is 0. The van der Waals surface area contributed by atoms with Gasteiger partial charge in [0.2, 0.25) is 0 Å². The lowest BCUT2D eigenvalue weighted by molar-refractivity contribution is 0.187. The summed E-state index contributed by atoms with van der Waals surface area (Å²) in [6.45, 7) is 12.5. The molecule has 0 saturated heterocycles. The van der Waals surface area contributed by atoms with E-state index >= 15 is 0 Å². The highest BCUT2D eigenvalue weighted by Gasteiger charge is 2.37. The van der Waals surface area contributed by atoms with Gasteiger partial charge in [0.05, 0.1) is 0 Å². The lowest BCUT2D eigenvalue weighted by Gasteiger charge is -2.43. The van der Waals surface area contributed by atoms with Crippen LogP contribution in [0.4, 0.5) is 0 Å². The van der Waals surface area contributed by atoms with Gasteiger partial charge in [-0.3, -0.25) is 0 Å². The summed E-state index contributed by atoms with van der Waals surface area (Å²) in [5.74, 6) is 1.52. The molecule has 0 bridgehead atoms. The maximum Gasteiger partial charge on any atom is 0.0104 e. The fraction of sp³-hybridized carbons (Fsp3) is 0.647. The van der Waals surface area contributed by atoms with Gasteiger partial charge in [0.1, 0.15) is 0 Å². The standard InChI is InChI=1S/C17H27N/c1-6-18-16-11-15(12(16)2)13-7-9-14(10-8-13)17(3,4)5/h7-10,12,15-16,18H,6,11H2,1-5H3. The van der Waals surface area contributed by atoms with Crippen molar-refractivity contribution in [3.05, 3.63) is 35.4 Å². The van der Waals surface area contributed by atoms with Crippen LogP contribution in [0.1, 0.15) is 58.1 Å². The Morgan fingerprint density at radius 1 is 1.17 bits per heavy atom. The molecule has 0 heterocycles. The SMILES string of the molecule is CCNC1CC(c2ccc(C(C)(C)C)cc2)C1C. The Balaban J connectivity index is 2.04. The molecule has 1 fully saturated rings. The van der Waals surface area contributed by atoms with Gasteiger partial charge < -0.3 is 5.32 Å². The van der Waals surface area contributed by atoms with Crippen LogP contribution in [-0.4, -0.2) is 12.6 Å². The molecule has 0 spiro atoms. The number of hydrogen-bond donors (Lipinski definition) is 1. The van der Waals surface area contributed by atoms with Crippen LogP contribution in [0, 0.1) is 5.92 Å². The van der Waals surface area contributed by atoms with Crippen molar-refractivity contribution in [3.8, 4) is 0 Å². The first-order valence-corrected chi connectivity index (χ1v) is 7.27. The van der Waals surface area contributed by atoms with Gasteiger partial charge in [-0.1, -0.05) is 58.9 Å². The van der Waals surface area contributed by atoms with E-state index in [1.54, 1.807) is 0 Å². The molecule has 1 saturated carbocycles. The van der Waals surface area contributed by atoms with Crippen molar-refractivity contribution in [2.75, 3.05) is 6.54 Å². The third kappa shape index (κ3) is 2.61. The fourth-order valence-electron chi connectivity index (χ4n) is 2.99. The van der Waals surface area contributed by atoms with Gasteiger partial charge in [-0.15, -0.1) is 0 Å². The van der Waals surface area contributed by atoms with Crippen molar-refractivity contribution in [2.45, 2.75) is 58.4 Å². The maximum absolute atomic E-state index is 3.57. The Morgan fingerprint density at radius 3 is 2.22 bits per heavy atom. The summed E-state index contributed by atoms with van der Waals surface area (Å²) in [6, 6.07) is 10.0. The van der Waals surface area contributed by atoms with E-state index in [2.05, 4.69) is 64.2 Å². The molecule has 2 rings (SSSR count). The maximum atomic E-state index is 3.57. The first-order chi connectivity index (χ1) is 8.43. The zero-order chi connectivity index (χ0) is 13.3. The molecule has 1 nitrogen and oxygen atoms in total. The topological polar surface area (TPSA) is 12.0 Å². The van der Waals surface area contributed by atoms with Crippen LogP contribution in [0.2, 0.25) is 0 Å². The lowest BCUT2D eigenvalue weighted by atomic mass is 9.67. The van der Waals surface area contributed by atoms with E-state index in [4.69, 9.17) is 0 Å². The molecular formula is C17H27N. The average molecular weight is 245 g/mol. The third-order valence-electron chi connectivity index (χ3n) is 4.45. The predicted octanol–water partition coefficient (Wildman–Crippen LogP) is 4.09. The summed E-state index contributed by atoms with van der Waals surface area (Å²) in [5.41, 5.74) is 3.21. The van der Waals surface area contributed by atoms with Crippen LogP contribution >= 0.6 is 0 Å². The number of nitrogens with one attached hydrogen (secondary N) is 1. The van der Waals surface area contributed by atoms with Gasteiger partial charge in [0, 0.05) is 6.04 Å². The first kappa shape index (κ1) is 13.6. The summed E-state index contributed by atoms with van der Waals surface area (Å²) in [5, 5.41) is 3.57. The van der Waals surface area contributed by atoms with E-state index in [0.717, 1.165) is 24.4 Å². The van der Waals surface area contributed by atoms with E-state index in [9.17, 15) is 0 Å². The Bertz CT molecular complexity index is 385. The van der Waals surface area contributed by atoms with Gasteiger partial charge in [-0.05, 0) is 41.3 Å². The number of rotatable bonds is 3. The van der Waals surface area contributed by atoms with Crippen molar-refractivity contribution in [3.63, 3.8) is 0 Å². The predicted molar refractivity (Wildman–Crippen MR) is 79.1 cm³/mol. The molecule has 18 heavy (non-hydrogen) atoms. The molecule has 1 N–H and O–H groups in total. The van der Waals surface area contributed by atoms with Crippen molar-refractivity contribution >= 4 is 0 Å². The van der Waals surface area contributed by atoms with Crippen molar-refractivity contribution < 1.29 is 0 Å². The number of hydrogen-bond acceptors (Lipinski definition) is 1. The van der Waals surface area contributed by atoms with E-state index in [0.29, 0.717) is 0 Å². The van der Waals surface area contributed by atoms with Gasteiger partial charge in [0.25, 0.3) is 0 Å². The fourth-order valence-corrected chi connectivity index (χ4v) is 2.99. The molecule has 0 aliphatic heterocycles. The Kier molecular flexibility index (Phi) is 3.82. The minimum atomic E-state index is 0.260. The van der Waals surface area contributed by atoms with E-state index in [-0.39, 0.29) is 5.41 Å². The van der Waals surface area contributed by atoms with Gasteiger partial charge in [0.15, 0.2) is 0 Å². The quantitative estimate of drug-likeness (QED) is 0.846. The highest BCUT2D eigenvalue weighted by atomic mass is 14.9. The zero-order valence-corrected chi connectivity index (χ0v) is 12.5. The average Bonchev–Trinajstić information content (AvgIpc) is 2.32. The molecule has 0 aromatic heterocycles. The molecule has 3 atom stereocenters. The molecule has 1 aliphatic rings. The zero-order valence-electron chi connectivity index (χ0n) is 12.5. The van der Waals surface area contributed by atoms with E-state index in [1.165, 1.54) is 17.5 Å². The summed E-state index contributed by atoms with van der Waals surface area (Å²) < 4.78 is 0. The summed E-state index contributed by atoms with van der Waals surface area (Å²) in [4.78, 5) is 0. The highest BCUT2D eigenvalue weighted by Crippen LogP contribution is 2.42. The first-order valence-electron chi connectivity index (χ1n) is 7.27. The molecule has 1 aromatic carbocycles. The second-order valence-corrected chi connectivity index (χ2v) is 6.74. The van der Waals surface area contributed by atoms with Crippen LogP contribution in [-0.2, 0) is 5.41 Å². The molecule has 0 radical (unpaired) electrons. The van der Waals surface area contributed by atoms with E-state index in [1.807, 2.05) is 0 Å². The molecule has 1 aromatic rings. The normalized spacial score (nSPS) is 27.9. The number of benzene rings is 1. The summed E-state index contributed by atoms with van der Waals surface area (Å²) in [6.07, 6.45) is 1.30. The lowest BCUT2D eigenvalue weighted by Crippen LogP contribution is -2.47. The van der Waals surface area contributed by atoms with Crippen molar-refractivity contribution in [1.82, 2.24) is 5.32 Å². The van der Waals surface area contributed by atoms with Gasteiger partial charge in [-0.2, -0.15) is 0 Å². The highest BCUT2D eigenvalue weighted by molar-refractivity contribution is 5.31.